The molecule has 2 nitrogen and oxygen atoms in total. The topological polar surface area (TPSA) is 26.3 Å². The molecule has 0 aromatic heterocycles. The van der Waals surface area contributed by atoms with Gasteiger partial charge in [0.15, 0.2) is 0 Å². The Morgan fingerprint density at radius 3 is 2.50 bits per heavy atom. The minimum atomic E-state index is -0.145. The summed E-state index contributed by atoms with van der Waals surface area (Å²) in [6, 6.07) is 9.52. The molecule has 4 aliphatic rings. The fourth-order valence-electron chi connectivity index (χ4n) is 9.35. The van der Waals surface area contributed by atoms with Crippen molar-refractivity contribution in [3.8, 4) is 0 Å². The first kappa shape index (κ1) is 26.1. The van der Waals surface area contributed by atoms with Crippen LogP contribution in [-0.2, 0) is 4.74 Å². The van der Waals surface area contributed by atoms with Gasteiger partial charge in [-0.3, -0.25) is 0 Å². The van der Waals surface area contributed by atoms with Crippen molar-refractivity contribution < 1.29 is 9.53 Å². The SMILES string of the molecule is CC(C)CCC[C@@H](C)[C@@H]1CC[C@@H]2C3=C(CC[C@@]21C)[C@]1(C)CC[C@H](OC(=O)c2ccccc2)C[C@@H]1CC3. The van der Waals surface area contributed by atoms with Crippen LogP contribution in [0.15, 0.2) is 41.5 Å². The highest BCUT2D eigenvalue weighted by molar-refractivity contribution is 5.89. The largest absolute Gasteiger partial charge is 0.459 e. The van der Waals surface area contributed by atoms with Crippen LogP contribution in [-0.4, -0.2) is 12.1 Å². The number of ether oxygens (including phenoxy) is 1. The van der Waals surface area contributed by atoms with E-state index in [9.17, 15) is 4.79 Å². The molecule has 2 heteroatoms. The molecule has 0 amide bonds. The summed E-state index contributed by atoms with van der Waals surface area (Å²) < 4.78 is 6.03. The van der Waals surface area contributed by atoms with Crippen LogP contribution in [0, 0.1) is 40.4 Å². The van der Waals surface area contributed by atoms with Crippen molar-refractivity contribution in [3.63, 3.8) is 0 Å². The predicted octanol–water partition coefficient (Wildman–Crippen LogP) is 9.40. The van der Waals surface area contributed by atoms with Gasteiger partial charge in [0.25, 0.3) is 0 Å². The molecule has 0 bridgehead atoms. The van der Waals surface area contributed by atoms with Gasteiger partial charge in [-0.25, -0.2) is 4.79 Å². The van der Waals surface area contributed by atoms with Crippen molar-refractivity contribution in [3.05, 3.63) is 47.0 Å². The standard InChI is InChI=1S/C34H50O2/c1-23(2)10-9-11-24(3)29-16-17-30-28-15-14-26-22-27(36-32(35)25-12-7-6-8-13-25)18-20-33(26,4)31(28)19-21-34(29,30)5/h6-8,12-13,23-24,26-27,29-30H,9-11,14-22H2,1-5H3/t24-,26+,27+,29+,30-,33-,34-/m1/s1. The van der Waals surface area contributed by atoms with Crippen molar-refractivity contribution in [2.75, 3.05) is 0 Å². The van der Waals surface area contributed by atoms with E-state index in [-0.39, 0.29) is 12.1 Å². The van der Waals surface area contributed by atoms with E-state index in [0.717, 1.165) is 36.5 Å². The fraction of sp³-hybridized carbons (Fsp3) is 0.735. The second kappa shape index (κ2) is 10.3. The van der Waals surface area contributed by atoms with Gasteiger partial charge in [0.05, 0.1) is 5.56 Å². The van der Waals surface area contributed by atoms with Crippen LogP contribution < -0.4 is 0 Å². The van der Waals surface area contributed by atoms with Gasteiger partial charge in [-0.15, -0.1) is 0 Å². The summed E-state index contributed by atoms with van der Waals surface area (Å²) in [6.45, 7) is 12.5. The van der Waals surface area contributed by atoms with Crippen molar-refractivity contribution in [1.82, 2.24) is 0 Å². The highest BCUT2D eigenvalue weighted by Crippen LogP contribution is 2.66. The third kappa shape index (κ3) is 4.71. The minimum Gasteiger partial charge on any atom is -0.459 e. The number of allylic oxidation sites excluding steroid dienone is 2. The highest BCUT2D eigenvalue weighted by Gasteiger charge is 2.56. The zero-order valence-corrected chi connectivity index (χ0v) is 23.7. The zero-order valence-electron chi connectivity index (χ0n) is 23.7. The summed E-state index contributed by atoms with van der Waals surface area (Å²) in [7, 11) is 0. The molecular formula is C34H50O2. The zero-order chi connectivity index (χ0) is 25.5. The Labute approximate surface area is 220 Å². The Morgan fingerprint density at radius 1 is 0.972 bits per heavy atom. The van der Waals surface area contributed by atoms with Crippen molar-refractivity contribution in [1.29, 1.82) is 0 Å². The van der Waals surface area contributed by atoms with Crippen molar-refractivity contribution in [2.24, 2.45) is 40.4 Å². The molecule has 0 spiro atoms. The Kier molecular flexibility index (Phi) is 7.45. The normalized spacial score (nSPS) is 36.7. The van der Waals surface area contributed by atoms with E-state index in [4.69, 9.17) is 4.74 Å². The maximum atomic E-state index is 12.7. The molecule has 7 atom stereocenters. The Bertz CT molecular complexity index is 961. The first-order valence-electron chi connectivity index (χ1n) is 15.2. The molecule has 0 aliphatic heterocycles. The molecule has 5 rings (SSSR count). The molecule has 1 aromatic rings. The predicted molar refractivity (Wildman–Crippen MR) is 149 cm³/mol. The monoisotopic (exact) mass is 490 g/mol. The average molecular weight is 491 g/mol. The summed E-state index contributed by atoms with van der Waals surface area (Å²) in [4.78, 5) is 12.7. The average Bonchev–Trinajstić information content (AvgIpc) is 3.22. The van der Waals surface area contributed by atoms with Crippen LogP contribution in [0.2, 0.25) is 0 Å². The van der Waals surface area contributed by atoms with Gasteiger partial charge in [0, 0.05) is 0 Å². The molecular weight excluding hydrogens is 440 g/mol. The molecule has 36 heavy (non-hydrogen) atoms. The summed E-state index contributed by atoms with van der Waals surface area (Å²) in [5.74, 6) is 3.94. The molecule has 1 aromatic carbocycles. The lowest BCUT2D eigenvalue weighted by Gasteiger charge is -2.55. The maximum absolute atomic E-state index is 12.7. The van der Waals surface area contributed by atoms with Gasteiger partial charge in [-0.1, -0.05) is 83.2 Å². The smallest absolute Gasteiger partial charge is 0.338 e. The van der Waals surface area contributed by atoms with E-state index >= 15 is 0 Å². The second-order valence-electron chi connectivity index (χ2n) is 13.9. The molecule has 0 radical (unpaired) electrons. The van der Waals surface area contributed by atoms with Crippen LogP contribution in [0.3, 0.4) is 0 Å². The van der Waals surface area contributed by atoms with Crippen LogP contribution in [0.5, 0.6) is 0 Å². The van der Waals surface area contributed by atoms with E-state index in [2.05, 4.69) is 34.6 Å². The third-order valence-electron chi connectivity index (χ3n) is 11.4. The first-order valence-corrected chi connectivity index (χ1v) is 15.2. The molecule has 0 N–H and O–H groups in total. The van der Waals surface area contributed by atoms with Crippen molar-refractivity contribution >= 4 is 5.97 Å². The minimum absolute atomic E-state index is 0.0781. The quantitative estimate of drug-likeness (QED) is 0.281. The maximum Gasteiger partial charge on any atom is 0.338 e. The van der Waals surface area contributed by atoms with Crippen molar-refractivity contribution in [2.45, 2.75) is 118 Å². The summed E-state index contributed by atoms with van der Waals surface area (Å²) in [6.07, 6.45) is 15.7. The Balaban J connectivity index is 1.27. The van der Waals surface area contributed by atoms with E-state index in [1.165, 1.54) is 64.2 Å². The number of hydrogen-bond acceptors (Lipinski definition) is 2. The lowest BCUT2D eigenvalue weighted by atomic mass is 9.50. The van der Waals surface area contributed by atoms with E-state index < -0.39 is 0 Å². The van der Waals surface area contributed by atoms with Gasteiger partial charge in [-0.2, -0.15) is 0 Å². The van der Waals surface area contributed by atoms with E-state index in [1.54, 1.807) is 0 Å². The fourth-order valence-corrected chi connectivity index (χ4v) is 9.35. The van der Waals surface area contributed by atoms with Gasteiger partial charge < -0.3 is 4.74 Å². The van der Waals surface area contributed by atoms with Gasteiger partial charge in [0.1, 0.15) is 6.10 Å². The van der Waals surface area contributed by atoms with Crippen LogP contribution >= 0.6 is 0 Å². The Morgan fingerprint density at radius 2 is 1.75 bits per heavy atom. The summed E-state index contributed by atoms with van der Waals surface area (Å²) >= 11 is 0. The molecule has 4 aliphatic carbocycles. The van der Waals surface area contributed by atoms with Crippen LogP contribution in [0.1, 0.15) is 122 Å². The molecule has 2 saturated carbocycles. The Hall–Kier alpha value is -1.57. The molecule has 198 valence electrons. The van der Waals surface area contributed by atoms with Gasteiger partial charge in [0.2, 0.25) is 0 Å². The van der Waals surface area contributed by atoms with E-state index in [1.807, 2.05) is 41.5 Å². The number of carbonyl (C=O) groups is 1. The first-order chi connectivity index (χ1) is 17.2. The number of carbonyl (C=O) groups excluding carboxylic acids is 1. The highest BCUT2D eigenvalue weighted by atomic mass is 16.5. The van der Waals surface area contributed by atoms with E-state index in [0.29, 0.717) is 22.3 Å². The van der Waals surface area contributed by atoms with Crippen LogP contribution in [0.4, 0.5) is 0 Å². The number of hydrogen-bond donors (Lipinski definition) is 0. The second-order valence-corrected chi connectivity index (χ2v) is 13.9. The van der Waals surface area contributed by atoms with Gasteiger partial charge in [-0.05, 0) is 110 Å². The lowest BCUT2D eigenvalue weighted by Crippen LogP contribution is -2.46. The summed E-state index contributed by atoms with van der Waals surface area (Å²) in [5.41, 5.74) is 5.26. The molecule has 0 heterocycles. The van der Waals surface area contributed by atoms with Gasteiger partial charge >= 0.3 is 5.97 Å². The number of rotatable bonds is 7. The number of esters is 1. The molecule has 2 fully saturated rings. The number of fused-ring (bicyclic) bond motifs is 4. The summed E-state index contributed by atoms with van der Waals surface area (Å²) in [5, 5.41) is 0. The molecule has 0 unspecified atom stereocenters. The number of benzene rings is 1. The van der Waals surface area contributed by atoms with Crippen LogP contribution in [0.25, 0.3) is 0 Å². The molecule has 0 saturated heterocycles. The third-order valence-corrected chi connectivity index (χ3v) is 11.4. The lowest BCUT2D eigenvalue weighted by molar-refractivity contribution is -0.0157.